The van der Waals surface area contributed by atoms with Gasteiger partial charge in [-0.25, -0.2) is 22.5 Å². The fourth-order valence-corrected chi connectivity index (χ4v) is 7.71. The molecule has 0 aliphatic carbocycles. The van der Waals surface area contributed by atoms with Crippen molar-refractivity contribution in [2.24, 2.45) is 0 Å². The molecule has 4 saturated heterocycles. The molecule has 62 heavy (non-hydrogen) atoms. The molecule has 0 saturated carbocycles. The predicted molar refractivity (Wildman–Crippen MR) is 232 cm³/mol. The minimum atomic E-state index is -1.17. The summed E-state index contributed by atoms with van der Waals surface area (Å²) in [6, 6.07) is 20.5. The van der Waals surface area contributed by atoms with Crippen LogP contribution in [-0.2, 0) is 4.79 Å². The summed E-state index contributed by atoms with van der Waals surface area (Å²) in [5.74, 6) is -6.54. The van der Waals surface area contributed by atoms with Crippen molar-refractivity contribution in [3.05, 3.63) is 147 Å². The van der Waals surface area contributed by atoms with Crippen LogP contribution in [0.25, 0.3) is 44.3 Å². The summed E-state index contributed by atoms with van der Waals surface area (Å²) in [6.45, 7) is 8.21. The summed E-state index contributed by atoms with van der Waals surface area (Å²) < 4.78 is 54.4. The number of ketones is 2. The van der Waals surface area contributed by atoms with Crippen LogP contribution in [0.3, 0.4) is 0 Å². The Morgan fingerprint density at radius 3 is 1.53 bits per heavy atom. The number of Topliss-reactive ketones (excluding diaryl/α,β-unsaturated/α-hetero) is 2. The Morgan fingerprint density at radius 1 is 0.581 bits per heavy atom. The Kier molecular flexibility index (Phi) is 14.7. The van der Waals surface area contributed by atoms with E-state index in [9.17, 15) is 27.2 Å². The van der Waals surface area contributed by atoms with Crippen molar-refractivity contribution in [2.75, 3.05) is 40.0 Å². The highest BCUT2D eigenvalue weighted by Gasteiger charge is 2.36. The molecule has 7 heterocycles. The normalized spacial score (nSPS) is 18.0. The van der Waals surface area contributed by atoms with Gasteiger partial charge in [-0.1, -0.05) is 6.07 Å². The second kappa shape index (κ2) is 19.9. The minimum absolute atomic E-state index is 0. The average molecular weight is 980 g/mol. The van der Waals surface area contributed by atoms with Gasteiger partial charge in [0.05, 0.1) is 68.8 Å². The molecule has 0 amide bonds. The number of nitrogens with one attached hydrogen (secondary N) is 1. The Labute approximate surface area is 368 Å². The summed E-state index contributed by atoms with van der Waals surface area (Å²) in [6.07, 6.45) is 4.90. The van der Waals surface area contributed by atoms with Crippen LogP contribution in [0.4, 0.5) is 17.6 Å². The number of aromatic amines is 1. The summed E-state index contributed by atoms with van der Waals surface area (Å²) in [7, 11) is 0. The van der Waals surface area contributed by atoms with E-state index in [1.54, 1.807) is 24.5 Å². The number of hydrogen-bond acceptors (Lipinski definition) is 11. The number of imidazole rings is 1. The lowest BCUT2D eigenvalue weighted by Gasteiger charge is -2.56. The second-order valence-electron chi connectivity index (χ2n) is 14.2. The lowest BCUT2D eigenvalue weighted by Crippen LogP contribution is -2.71. The lowest BCUT2D eigenvalue weighted by atomic mass is 10.00. The number of hydrogen-bond donors (Lipinski definition) is 3. The number of aromatic nitrogens is 4. The van der Waals surface area contributed by atoms with Crippen molar-refractivity contribution >= 4 is 71.2 Å². The Balaban J connectivity index is 0.000000156. The molecule has 0 unspecified atom stereocenters. The summed E-state index contributed by atoms with van der Waals surface area (Å²) in [4.78, 5) is 59.1. The van der Waals surface area contributed by atoms with Crippen LogP contribution in [0, 0.1) is 23.3 Å². The van der Waals surface area contributed by atoms with Crippen molar-refractivity contribution in [2.45, 2.75) is 6.92 Å². The van der Waals surface area contributed by atoms with Crippen LogP contribution in [0.5, 0.6) is 0 Å². The van der Waals surface area contributed by atoms with Crippen LogP contribution in [0.1, 0.15) is 27.6 Å². The first-order chi connectivity index (χ1) is 29.2. The first-order valence-corrected chi connectivity index (χ1v) is 20.0. The minimum Gasteiger partial charge on any atom is -0.481 e. The zero-order chi connectivity index (χ0) is 43.4. The van der Waals surface area contributed by atoms with E-state index < -0.39 is 40.8 Å². The molecule has 4 bridgehead atoms. The molecule has 0 atom stereocenters. The number of carboxylic acid groups (broad SMARTS) is 1. The number of rotatable bonds is 5. The van der Waals surface area contributed by atoms with E-state index in [-0.39, 0.29) is 17.3 Å². The van der Waals surface area contributed by atoms with E-state index in [1.165, 1.54) is 64.5 Å². The Bertz CT molecular complexity index is 2730. The van der Waals surface area contributed by atoms with Gasteiger partial charge in [-0.2, -0.15) is 0 Å². The van der Waals surface area contributed by atoms with Crippen LogP contribution in [0.15, 0.2) is 113 Å². The Morgan fingerprint density at radius 2 is 1.02 bits per heavy atom. The van der Waals surface area contributed by atoms with Crippen molar-refractivity contribution in [1.82, 2.24) is 45.7 Å². The molecule has 0 radical (unpaired) electrons. The van der Waals surface area contributed by atoms with Gasteiger partial charge in [-0.15, -0.1) is 0 Å². The molecule has 19 heteroatoms. The monoisotopic (exact) mass is 977 g/mol. The SMILES string of the molecule is C1N2CN3CN1CN(C2)C3.CC(=O)O.Fc1ccc(-c2nc[nH]c2-c2ccc3ncc(Br)cc3c2)cc1F.N.O=C(C(=O)c1ccc2ncc(Br)cc2c1)c1ccc(F)c(F)c1. The molecular weight excluding hydrogens is 942 g/mol. The zero-order valence-electron chi connectivity index (χ0n) is 32.8. The van der Waals surface area contributed by atoms with Gasteiger partial charge in [-0.3, -0.25) is 44.0 Å². The van der Waals surface area contributed by atoms with Crippen LogP contribution < -0.4 is 6.15 Å². The van der Waals surface area contributed by atoms with Crippen molar-refractivity contribution in [1.29, 1.82) is 0 Å². The van der Waals surface area contributed by atoms with Gasteiger partial charge in [0.25, 0.3) is 5.97 Å². The van der Waals surface area contributed by atoms with Crippen molar-refractivity contribution in [3.63, 3.8) is 0 Å². The molecule has 13 nitrogen and oxygen atoms in total. The topological polar surface area (TPSA) is 174 Å². The third-order valence-corrected chi connectivity index (χ3v) is 10.3. The maximum Gasteiger partial charge on any atom is 0.300 e. The molecule has 4 aromatic carbocycles. The molecular formula is C43H37Br2F4N9O4. The highest BCUT2D eigenvalue weighted by Crippen LogP contribution is 2.32. The largest absolute Gasteiger partial charge is 0.481 e. The van der Waals surface area contributed by atoms with Crippen molar-refractivity contribution < 1.29 is 37.1 Å². The number of H-pyrrole nitrogens is 1. The molecule has 4 fully saturated rings. The first kappa shape index (κ1) is 45.7. The lowest BCUT2D eigenvalue weighted by molar-refractivity contribution is -0.194. The average Bonchev–Trinajstić information content (AvgIpc) is 3.72. The zero-order valence-corrected chi connectivity index (χ0v) is 36.0. The van der Waals surface area contributed by atoms with Gasteiger partial charge in [0.15, 0.2) is 23.3 Å². The number of nitrogens with zero attached hydrogens (tertiary/aromatic N) is 7. The molecule has 0 spiro atoms. The number of halogens is 6. The summed E-state index contributed by atoms with van der Waals surface area (Å²) >= 11 is 6.69. The highest BCUT2D eigenvalue weighted by molar-refractivity contribution is 9.10. The van der Waals surface area contributed by atoms with E-state index in [0.29, 0.717) is 22.2 Å². The molecule has 3 aromatic heterocycles. The van der Waals surface area contributed by atoms with Crippen LogP contribution >= 0.6 is 31.9 Å². The Hall–Kier alpha value is -5.80. The number of carbonyl (C=O) groups is 3. The maximum atomic E-state index is 13.5. The molecule has 320 valence electrons. The fraction of sp³-hybridized carbons (Fsp3) is 0.163. The number of carboxylic acids is 1. The number of carbonyl (C=O) groups excluding carboxylic acids is 2. The van der Waals surface area contributed by atoms with Gasteiger partial charge in [0.1, 0.15) is 0 Å². The third-order valence-electron chi connectivity index (χ3n) is 9.47. The smallest absolute Gasteiger partial charge is 0.300 e. The highest BCUT2D eigenvalue weighted by atomic mass is 79.9. The first-order valence-electron chi connectivity index (χ1n) is 18.4. The van der Waals surface area contributed by atoms with E-state index >= 15 is 0 Å². The molecule has 11 rings (SSSR count). The number of fused-ring (bicyclic) bond motifs is 2. The molecule has 7 aromatic rings. The van der Waals surface area contributed by atoms with E-state index in [4.69, 9.17) is 9.90 Å². The van der Waals surface area contributed by atoms with E-state index in [0.717, 1.165) is 68.4 Å². The van der Waals surface area contributed by atoms with E-state index in [1.807, 2.05) is 24.3 Å². The molecule has 5 N–H and O–H groups in total. The molecule has 4 aliphatic heterocycles. The fourth-order valence-electron chi connectivity index (χ4n) is 7.02. The number of aliphatic carboxylic acids is 1. The van der Waals surface area contributed by atoms with Gasteiger partial charge in [-0.05, 0) is 111 Å². The number of benzene rings is 4. The summed E-state index contributed by atoms with van der Waals surface area (Å²) in [5, 5.41) is 9.07. The number of pyridine rings is 2. The van der Waals surface area contributed by atoms with Gasteiger partial charge in [0, 0.05) is 61.3 Å². The standard InChI is InChI=1S/C18H10BrF2N3.C17H8BrF2NO2.C6H12N4.C2H4O2.H3N/c19-13-6-12-5-10(2-4-16(12)22-8-13)17-18(24-9-23-17)11-1-3-14(20)15(21)7-11;18-12-6-11-5-9(2-4-15(11)21-8-12)16(22)17(23)10-1-3-13(19)14(20)7-10;1-7-2-9-4-8(1)5-10(3-7)6-9;1-2(3)4;/h1-9H,(H,23,24);1-8H;1-6H2;1H3,(H,3,4);1H3. The predicted octanol–water partition coefficient (Wildman–Crippen LogP) is 8.91. The van der Waals surface area contributed by atoms with Gasteiger partial charge >= 0.3 is 0 Å². The summed E-state index contributed by atoms with van der Waals surface area (Å²) in [5.41, 5.74) is 4.21. The van der Waals surface area contributed by atoms with Gasteiger partial charge < -0.3 is 16.2 Å². The molecule has 4 aliphatic rings. The second-order valence-corrected chi connectivity index (χ2v) is 16.0. The maximum absolute atomic E-state index is 13.5. The quantitative estimate of drug-likeness (QED) is 0.0851. The van der Waals surface area contributed by atoms with Gasteiger partial charge in [0.2, 0.25) is 11.6 Å². The van der Waals surface area contributed by atoms with Crippen LogP contribution in [0.2, 0.25) is 0 Å². The van der Waals surface area contributed by atoms with Crippen molar-refractivity contribution in [3.8, 4) is 22.5 Å². The van der Waals surface area contributed by atoms with Crippen LogP contribution in [-0.4, -0.2) is 102 Å². The third kappa shape index (κ3) is 11.0. The van der Waals surface area contributed by atoms with E-state index in [2.05, 4.69) is 71.4 Å².